The van der Waals surface area contributed by atoms with Crippen LogP contribution >= 0.6 is 0 Å². The summed E-state index contributed by atoms with van der Waals surface area (Å²) in [5.41, 5.74) is 3.81. The van der Waals surface area contributed by atoms with Crippen LogP contribution in [0.2, 0.25) is 0 Å². The number of aliphatic hydroxyl groups excluding tert-OH is 1. The highest BCUT2D eigenvalue weighted by Crippen LogP contribution is 2.26. The molecule has 23 heavy (non-hydrogen) atoms. The van der Waals surface area contributed by atoms with E-state index in [9.17, 15) is 5.11 Å². The van der Waals surface area contributed by atoms with Crippen molar-refractivity contribution in [1.29, 1.82) is 0 Å². The highest BCUT2D eigenvalue weighted by atomic mass is 16.3. The van der Waals surface area contributed by atoms with Crippen LogP contribution in [0.25, 0.3) is 10.9 Å². The summed E-state index contributed by atoms with van der Waals surface area (Å²) in [5, 5.41) is 15.4. The predicted molar refractivity (Wildman–Crippen MR) is 96.8 cm³/mol. The summed E-state index contributed by atoms with van der Waals surface area (Å²) in [6.45, 7) is 7.99. The van der Waals surface area contributed by atoms with Gasteiger partial charge in [-0.3, -0.25) is 0 Å². The van der Waals surface area contributed by atoms with Crippen molar-refractivity contribution in [3.63, 3.8) is 0 Å². The standard InChI is InChI=1S/C20H30N2O/c1-14-8-4-6-10-19(14)21-12-17(23)13-22-16(3)15(2)18-9-5-7-11-20(18)22/h5,7,9,11,14,17,19,21,23H,4,6,8,10,12-13H2,1-3H3/t14-,17-,19-/m1/s1. The van der Waals surface area contributed by atoms with Crippen molar-refractivity contribution in [2.45, 2.75) is 65.1 Å². The van der Waals surface area contributed by atoms with E-state index in [1.165, 1.54) is 47.8 Å². The number of rotatable bonds is 5. The molecule has 0 aliphatic heterocycles. The number of nitrogens with one attached hydrogen (secondary N) is 1. The van der Waals surface area contributed by atoms with Crippen molar-refractivity contribution in [2.75, 3.05) is 6.54 Å². The van der Waals surface area contributed by atoms with E-state index in [1.54, 1.807) is 0 Å². The van der Waals surface area contributed by atoms with Gasteiger partial charge in [0, 0.05) is 29.2 Å². The lowest BCUT2D eigenvalue weighted by Gasteiger charge is -2.30. The highest BCUT2D eigenvalue weighted by Gasteiger charge is 2.22. The van der Waals surface area contributed by atoms with Gasteiger partial charge in [0.15, 0.2) is 0 Å². The smallest absolute Gasteiger partial charge is 0.0843 e. The first kappa shape index (κ1) is 16.5. The van der Waals surface area contributed by atoms with Gasteiger partial charge in [-0.2, -0.15) is 0 Å². The van der Waals surface area contributed by atoms with Gasteiger partial charge in [0.1, 0.15) is 0 Å². The second kappa shape index (κ2) is 7.06. The van der Waals surface area contributed by atoms with Crippen LogP contribution in [0, 0.1) is 19.8 Å². The van der Waals surface area contributed by atoms with Crippen molar-refractivity contribution in [1.82, 2.24) is 9.88 Å². The molecular weight excluding hydrogens is 284 g/mol. The number of para-hydroxylation sites is 1. The summed E-state index contributed by atoms with van der Waals surface area (Å²) in [4.78, 5) is 0. The molecule has 0 unspecified atom stereocenters. The topological polar surface area (TPSA) is 37.2 Å². The lowest BCUT2D eigenvalue weighted by Crippen LogP contribution is -2.42. The summed E-state index contributed by atoms with van der Waals surface area (Å²) < 4.78 is 2.27. The number of benzene rings is 1. The third-order valence-electron chi connectivity index (χ3n) is 5.67. The Kier molecular flexibility index (Phi) is 5.08. The largest absolute Gasteiger partial charge is 0.390 e. The van der Waals surface area contributed by atoms with Crippen LogP contribution in [-0.4, -0.2) is 28.4 Å². The summed E-state index contributed by atoms with van der Waals surface area (Å²) in [7, 11) is 0. The zero-order valence-corrected chi connectivity index (χ0v) is 14.7. The van der Waals surface area contributed by atoms with Gasteiger partial charge < -0.3 is 15.0 Å². The number of hydrogen-bond donors (Lipinski definition) is 2. The highest BCUT2D eigenvalue weighted by molar-refractivity contribution is 5.85. The normalized spacial score (nSPS) is 23.3. The molecule has 1 saturated carbocycles. The van der Waals surface area contributed by atoms with E-state index in [4.69, 9.17) is 0 Å². The van der Waals surface area contributed by atoms with Crippen LogP contribution in [0.4, 0.5) is 0 Å². The fraction of sp³-hybridized carbons (Fsp3) is 0.600. The van der Waals surface area contributed by atoms with E-state index in [2.05, 4.69) is 54.9 Å². The van der Waals surface area contributed by atoms with E-state index >= 15 is 0 Å². The van der Waals surface area contributed by atoms with Crippen molar-refractivity contribution >= 4 is 10.9 Å². The van der Waals surface area contributed by atoms with Gasteiger partial charge in [-0.25, -0.2) is 0 Å². The van der Waals surface area contributed by atoms with Gasteiger partial charge in [-0.05, 0) is 44.2 Å². The first-order valence-electron chi connectivity index (χ1n) is 9.03. The monoisotopic (exact) mass is 314 g/mol. The molecule has 1 heterocycles. The Balaban J connectivity index is 1.66. The second-order valence-electron chi connectivity index (χ2n) is 7.27. The van der Waals surface area contributed by atoms with Crippen molar-refractivity contribution in [3.05, 3.63) is 35.5 Å². The number of aromatic nitrogens is 1. The minimum atomic E-state index is -0.349. The molecule has 0 radical (unpaired) electrons. The molecule has 1 aromatic heterocycles. The molecule has 2 N–H and O–H groups in total. The summed E-state index contributed by atoms with van der Waals surface area (Å²) in [6, 6.07) is 9.05. The maximum Gasteiger partial charge on any atom is 0.0843 e. The minimum absolute atomic E-state index is 0.349. The maximum atomic E-state index is 10.5. The van der Waals surface area contributed by atoms with Crippen LogP contribution in [0.15, 0.2) is 24.3 Å². The molecule has 0 spiro atoms. The Bertz CT molecular complexity index is 661. The minimum Gasteiger partial charge on any atom is -0.390 e. The summed E-state index contributed by atoms with van der Waals surface area (Å²) >= 11 is 0. The van der Waals surface area contributed by atoms with Gasteiger partial charge >= 0.3 is 0 Å². The Hall–Kier alpha value is -1.32. The van der Waals surface area contributed by atoms with Crippen LogP contribution in [-0.2, 0) is 6.54 Å². The molecule has 0 bridgehead atoms. The molecule has 1 aliphatic rings. The third kappa shape index (κ3) is 3.46. The third-order valence-corrected chi connectivity index (χ3v) is 5.67. The zero-order chi connectivity index (χ0) is 16.4. The lowest BCUT2D eigenvalue weighted by molar-refractivity contribution is 0.139. The van der Waals surface area contributed by atoms with Gasteiger partial charge in [0.2, 0.25) is 0 Å². The lowest BCUT2D eigenvalue weighted by atomic mass is 9.86. The Morgan fingerprint density at radius 3 is 2.74 bits per heavy atom. The Labute approximate surface area is 139 Å². The molecular formula is C20H30N2O. The average Bonchev–Trinajstić information content (AvgIpc) is 2.80. The molecule has 0 amide bonds. The molecule has 3 rings (SSSR count). The van der Waals surface area contributed by atoms with Crippen LogP contribution in [0.5, 0.6) is 0 Å². The summed E-state index contributed by atoms with van der Waals surface area (Å²) in [5.74, 6) is 0.729. The number of hydrogen-bond acceptors (Lipinski definition) is 2. The van der Waals surface area contributed by atoms with Gasteiger partial charge in [0.25, 0.3) is 0 Å². The molecule has 1 aliphatic carbocycles. The van der Waals surface area contributed by atoms with Crippen molar-refractivity contribution in [2.24, 2.45) is 5.92 Å². The fourth-order valence-electron chi connectivity index (χ4n) is 4.02. The first-order chi connectivity index (χ1) is 11.1. The Morgan fingerprint density at radius 1 is 1.22 bits per heavy atom. The maximum absolute atomic E-state index is 10.5. The second-order valence-corrected chi connectivity index (χ2v) is 7.27. The van der Waals surface area contributed by atoms with E-state index in [1.807, 2.05) is 0 Å². The molecule has 126 valence electrons. The first-order valence-corrected chi connectivity index (χ1v) is 9.03. The molecule has 2 aromatic rings. The fourth-order valence-corrected chi connectivity index (χ4v) is 4.02. The van der Waals surface area contributed by atoms with Crippen LogP contribution in [0.3, 0.4) is 0 Å². The van der Waals surface area contributed by atoms with Crippen molar-refractivity contribution < 1.29 is 5.11 Å². The van der Waals surface area contributed by atoms with Gasteiger partial charge in [0.05, 0.1) is 12.6 Å². The molecule has 3 atom stereocenters. The summed E-state index contributed by atoms with van der Waals surface area (Å²) in [6.07, 6.45) is 4.89. The molecule has 1 fully saturated rings. The zero-order valence-electron chi connectivity index (χ0n) is 14.7. The van der Waals surface area contributed by atoms with E-state index in [-0.39, 0.29) is 6.10 Å². The predicted octanol–water partition coefficient (Wildman–Crippen LogP) is 3.79. The van der Waals surface area contributed by atoms with Crippen LogP contribution in [0.1, 0.15) is 43.9 Å². The van der Waals surface area contributed by atoms with Crippen LogP contribution < -0.4 is 5.32 Å². The molecule has 3 heteroatoms. The number of aryl methyl sites for hydroxylation is 1. The van der Waals surface area contributed by atoms with Gasteiger partial charge in [-0.1, -0.05) is 38.0 Å². The number of fused-ring (bicyclic) bond motifs is 1. The van der Waals surface area contributed by atoms with E-state index in [0.717, 1.165) is 5.92 Å². The number of nitrogens with zero attached hydrogens (tertiary/aromatic N) is 1. The van der Waals surface area contributed by atoms with Crippen molar-refractivity contribution in [3.8, 4) is 0 Å². The Morgan fingerprint density at radius 2 is 1.96 bits per heavy atom. The molecule has 1 aromatic carbocycles. The van der Waals surface area contributed by atoms with E-state index in [0.29, 0.717) is 19.1 Å². The average molecular weight is 314 g/mol. The quantitative estimate of drug-likeness (QED) is 0.881. The molecule has 3 nitrogen and oxygen atoms in total. The SMILES string of the molecule is Cc1c(C)n(C[C@H](O)CN[C@@H]2CCCC[C@H]2C)c2ccccc12. The number of aliphatic hydroxyl groups is 1. The molecule has 0 saturated heterocycles. The van der Waals surface area contributed by atoms with E-state index < -0.39 is 0 Å². The van der Waals surface area contributed by atoms with Gasteiger partial charge in [-0.15, -0.1) is 0 Å².